The molecule has 2 heterocycles. The molecule has 0 unspecified atom stereocenters. The lowest BCUT2D eigenvalue weighted by Gasteiger charge is -2.01. The van der Waals surface area contributed by atoms with Crippen LogP contribution in [0.25, 0.3) is 11.3 Å². The van der Waals surface area contributed by atoms with Crippen molar-refractivity contribution in [2.75, 3.05) is 12.3 Å². The van der Waals surface area contributed by atoms with Crippen LogP contribution in [-0.4, -0.2) is 23.4 Å². The van der Waals surface area contributed by atoms with Gasteiger partial charge in [0.1, 0.15) is 5.76 Å². The third kappa shape index (κ3) is 2.89. The van der Waals surface area contributed by atoms with Crippen LogP contribution in [0.2, 0.25) is 5.02 Å². The summed E-state index contributed by atoms with van der Waals surface area (Å²) < 4.78 is 5.56. The van der Waals surface area contributed by atoms with Crippen molar-refractivity contribution in [3.8, 4) is 11.3 Å². The van der Waals surface area contributed by atoms with Gasteiger partial charge >= 0.3 is 0 Å². The van der Waals surface area contributed by atoms with Crippen LogP contribution in [0.1, 0.15) is 10.6 Å². The van der Waals surface area contributed by atoms with E-state index in [0.717, 1.165) is 17.9 Å². The lowest BCUT2D eigenvalue weighted by Crippen LogP contribution is -2.26. The van der Waals surface area contributed by atoms with Gasteiger partial charge in [-0.3, -0.25) is 15.1 Å². The molecule has 4 nitrogen and oxygen atoms in total. The van der Waals surface area contributed by atoms with Crippen molar-refractivity contribution in [2.24, 2.45) is 4.99 Å². The van der Waals surface area contributed by atoms with Crippen LogP contribution in [0.4, 0.5) is 0 Å². The van der Waals surface area contributed by atoms with Crippen LogP contribution in [0.5, 0.6) is 0 Å². The molecule has 0 aliphatic carbocycles. The number of aliphatic imine (C=N–C) groups is 1. The molecule has 102 valence electrons. The first-order valence-corrected chi connectivity index (χ1v) is 7.43. The minimum atomic E-state index is -0.286. The lowest BCUT2D eigenvalue weighted by molar-refractivity contribution is 0.0952. The van der Waals surface area contributed by atoms with E-state index in [1.807, 2.05) is 12.1 Å². The van der Waals surface area contributed by atoms with Crippen molar-refractivity contribution >= 4 is 34.4 Å². The molecular formula is C14H11ClN2O2S. The normalized spacial score (nSPS) is 14.2. The van der Waals surface area contributed by atoms with Gasteiger partial charge in [0.05, 0.1) is 6.54 Å². The number of hydrogen-bond donors (Lipinski definition) is 1. The number of nitrogens with one attached hydrogen (secondary N) is 1. The summed E-state index contributed by atoms with van der Waals surface area (Å²) in [5.41, 5.74) is 0.837. The van der Waals surface area contributed by atoms with Crippen molar-refractivity contribution < 1.29 is 9.21 Å². The number of furan rings is 1. The Balaban J connectivity index is 1.77. The standard InChI is InChI=1S/C14H11ClN2O2S/c15-10-3-1-2-9(8-10)11-4-5-12(19-11)13(18)17-14-16-6-7-20-14/h1-5,8H,6-7H2,(H,16,17,18). The zero-order chi connectivity index (χ0) is 13.9. The third-order valence-corrected chi connectivity index (χ3v) is 3.87. The van der Waals surface area contributed by atoms with Crippen LogP contribution in [-0.2, 0) is 0 Å². The summed E-state index contributed by atoms with van der Waals surface area (Å²) in [7, 11) is 0. The molecule has 1 N–H and O–H groups in total. The second kappa shape index (κ2) is 5.73. The topological polar surface area (TPSA) is 54.6 Å². The second-order valence-corrected chi connectivity index (χ2v) is 5.68. The van der Waals surface area contributed by atoms with E-state index in [9.17, 15) is 4.79 Å². The van der Waals surface area contributed by atoms with E-state index in [1.165, 1.54) is 11.8 Å². The zero-order valence-corrected chi connectivity index (χ0v) is 12.0. The van der Waals surface area contributed by atoms with Crippen molar-refractivity contribution in [3.63, 3.8) is 0 Å². The van der Waals surface area contributed by atoms with Gasteiger partial charge in [0.15, 0.2) is 10.9 Å². The number of nitrogens with zero attached hydrogens (tertiary/aromatic N) is 1. The van der Waals surface area contributed by atoms with Crippen molar-refractivity contribution in [2.45, 2.75) is 0 Å². The highest BCUT2D eigenvalue weighted by Gasteiger charge is 2.16. The maximum absolute atomic E-state index is 12.0. The number of hydrogen-bond acceptors (Lipinski definition) is 4. The average Bonchev–Trinajstić information content (AvgIpc) is 3.09. The van der Waals surface area contributed by atoms with Gasteiger partial charge in [-0.25, -0.2) is 0 Å². The Kier molecular flexibility index (Phi) is 3.80. The molecule has 1 aliphatic heterocycles. The predicted octanol–water partition coefficient (Wildman–Crippen LogP) is 3.43. The highest BCUT2D eigenvalue weighted by atomic mass is 35.5. The molecule has 2 aromatic rings. The predicted molar refractivity (Wildman–Crippen MR) is 81.4 cm³/mol. The minimum absolute atomic E-state index is 0.259. The maximum atomic E-state index is 12.0. The molecule has 0 radical (unpaired) electrons. The SMILES string of the molecule is O=C(NC1=NCCS1)c1ccc(-c2cccc(Cl)c2)o1. The van der Waals surface area contributed by atoms with Crippen LogP contribution < -0.4 is 5.32 Å². The summed E-state index contributed by atoms with van der Waals surface area (Å²) in [6, 6.07) is 10.7. The number of amides is 1. The Hall–Kier alpha value is -1.72. The first kappa shape index (κ1) is 13.3. The van der Waals surface area contributed by atoms with E-state index in [1.54, 1.807) is 24.3 Å². The van der Waals surface area contributed by atoms with E-state index in [0.29, 0.717) is 16.0 Å². The van der Waals surface area contributed by atoms with Crippen LogP contribution in [0.3, 0.4) is 0 Å². The van der Waals surface area contributed by atoms with Gasteiger partial charge in [-0.1, -0.05) is 35.5 Å². The Labute approximate surface area is 125 Å². The minimum Gasteiger partial charge on any atom is -0.451 e. The number of rotatable bonds is 2. The quantitative estimate of drug-likeness (QED) is 0.924. The number of halogens is 1. The van der Waals surface area contributed by atoms with E-state index < -0.39 is 0 Å². The van der Waals surface area contributed by atoms with E-state index in [-0.39, 0.29) is 11.7 Å². The molecule has 1 aromatic heterocycles. The molecule has 6 heteroatoms. The molecule has 0 saturated carbocycles. The Morgan fingerprint density at radius 1 is 1.35 bits per heavy atom. The van der Waals surface area contributed by atoms with Gasteiger partial charge in [0.2, 0.25) is 0 Å². The smallest absolute Gasteiger partial charge is 0.292 e. The Morgan fingerprint density at radius 3 is 3.00 bits per heavy atom. The molecule has 0 saturated heterocycles. The summed E-state index contributed by atoms with van der Waals surface area (Å²) in [5.74, 6) is 1.49. The van der Waals surface area contributed by atoms with Gasteiger partial charge in [-0.15, -0.1) is 0 Å². The number of thioether (sulfide) groups is 1. The molecular weight excluding hydrogens is 296 g/mol. The van der Waals surface area contributed by atoms with E-state index >= 15 is 0 Å². The van der Waals surface area contributed by atoms with Crippen LogP contribution >= 0.6 is 23.4 Å². The summed E-state index contributed by atoms with van der Waals surface area (Å²) in [4.78, 5) is 16.2. The van der Waals surface area contributed by atoms with Crippen molar-refractivity contribution in [1.82, 2.24) is 5.32 Å². The summed E-state index contributed by atoms with van der Waals surface area (Å²) >= 11 is 7.47. The second-order valence-electron chi connectivity index (χ2n) is 4.16. The van der Waals surface area contributed by atoms with E-state index in [4.69, 9.17) is 16.0 Å². The molecule has 0 bridgehead atoms. The molecule has 0 spiro atoms. The molecule has 1 aliphatic rings. The number of carbonyl (C=O) groups excluding carboxylic acids is 1. The van der Waals surface area contributed by atoms with Crippen LogP contribution in [0.15, 0.2) is 45.8 Å². The van der Waals surface area contributed by atoms with Gasteiger partial charge < -0.3 is 4.42 Å². The molecule has 0 atom stereocenters. The van der Waals surface area contributed by atoms with Gasteiger partial charge in [-0.05, 0) is 24.3 Å². The lowest BCUT2D eigenvalue weighted by atomic mass is 10.2. The fourth-order valence-corrected chi connectivity index (χ4v) is 2.74. The average molecular weight is 307 g/mol. The number of benzene rings is 1. The summed E-state index contributed by atoms with van der Waals surface area (Å²) in [6.07, 6.45) is 0. The molecule has 1 aromatic carbocycles. The van der Waals surface area contributed by atoms with Crippen molar-refractivity contribution in [1.29, 1.82) is 0 Å². The Morgan fingerprint density at radius 2 is 2.25 bits per heavy atom. The molecule has 1 amide bonds. The third-order valence-electron chi connectivity index (χ3n) is 2.74. The highest BCUT2D eigenvalue weighted by molar-refractivity contribution is 8.14. The molecule has 0 fully saturated rings. The van der Waals surface area contributed by atoms with Crippen LogP contribution in [0, 0.1) is 0 Å². The highest BCUT2D eigenvalue weighted by Crippen LogP contribution is 2.24. The number of amidine groups is 1. The van der Waals surface area contributed by atoms with Gasteiger partial charge in [0, 0.05) is 16.3 Å². The monoisotopic (exact) mass is 306 g/mol. The first-order valence-electron chi connectivity index (χ1n) is 6.07. The summed E-state index contributed by atoms with van der Waals surface area (Å²) in [5, 5.41) is 4.00. The van der Waals surface area contributed by atoms with Crippen molar-refractivity contribution in [3.05, 3.63) is 47.2 Å². The zero-order valence-electron chi connectivity index (χ0n) is 10.4. The molecule has 20 heavy (non-hydrogen) atoms. The van der Waals surface area contributed by atoms with Gasteiger partial charge in [0.25, 0.3) is 5.91 Å². The largest absolute Gasteiger partial charge is 0.451 e. The fourth-order valence-electron chi connectivity index (χ4n) is 1.83. The van der Waals surface area contributed by atoms with Gasteiger partial charge in [-0.2, -0.15) is 0 Å². The maximum Gasteiger partial charge on any atom is 0.292 e. The molecule has 3 rings (SSSR count). The Bertz CT molecular complexity index is 681. The fraction of sp³-hybridized carbons (Fsp3) is 0.143. The van der Waals surface area contributed by atoms with E-state index in [2.05, 4.69) is 10.3 Å². The summed E-state index contributed by atoms with van der Waals surface area (Å²) in [6.45, 7) is 0.742. The first-order chi connectivity index (χ1) is 9.72. The number of carbonyl (C=O) groups is 1.